The molecule has 0 fully saturated rings. The minimum atomic E-state index is -3.51. The van der Waals surface area contributed by atoms with Gasteiger partial charge in [-0.3, -0.25) is 4.79 Å². The van der Waals surface area contributed by atoms with E-state index in [1.807, 2.05) is 38.1 Å². The second-order valence-electron chi connectivity index (χ2n) is 7.48. The van der Waals surface area contributed by atoms with Gasteiger partial charge in [-0.1, -0.05) is 39.8 Å². The largest absolute Gasteiger partial charge is 0.321 e. The molecule has 0 aliphatic rings. The number of carbonyl (C=O) groups excluding carboxylic acids is 1. The fraction of sp³-hybridized carbons (Fsp3) is 0.304. The summed E-state index contributed by atoms with van der Waals surface area (Å²) in [5.41, 5.74) is 2.89. The number of carbonyl (C=O) groups is 1. The lowest BCUT2D eigenvalue weighted by molar-refractivity contribution is 0.102. The van der Waals surface area contributed by atoms with E-state index >= 15 is 0 Å². The van der Waals surface area contributed by atoms with Crippen LogP contribution in [0, 0.1) is 0 Å². The molecule has 0 aliphatic carbocycles. The highest BCUT2D eigenvalue weighted by atomic mass is 32.2. The highest BCUT2D eigenvalue weighted by Gasteiger charge is 2.21. The van der Waals surface area contributed by atoms with E-state index in [-0.39, 0.29) is 16.5 Å². The maximum absolute atomic E-state index is 12.6. The van der Waals surface area contributed by atoms with Crippen molar-refractivity contribution in [3.05, 3.63) is 72.3 Å². The fourth-order valence-electron chi connectivity index (χ4n) is 3.23. The molecule has 0 bridgehead atoms. The molecule has 0 saturated heterocycles. The molecule has 7 nitrogen and oxygen atoms in total. The maximum Gasteiger partial charge on any atom is 0.275 e. The number of rotatable bonds is 8. The van der Waals surface area contributed by atoms with E-state index in [2.05, 4.69) is 24.1 Å². The summed E-state index contributed by atoms with van der Waals surface area (Å²) in [7, 11) is -3.51. The van der Waals surface area contributed by atoms with Gasteiger partial charge in [0.05, 0.1) is 4.90 Å². The first kappa shape index (κ1) is 22.7. The van der Waals surface area contributed by atoms with Crippen LogP contribution in [0.3, 0.4) is 0 Å². The van der Waals surface area contributed by atoms with Gasteiger partial charge in [0.2, 0.25) is 10.0 Å². The first-order valence-corrected chi connectivity index (χ1v) is 11.8. The summed E-state index contributed by atoms with van der Waals surface area (Å²) in [6.07, 6.45) is 3.15. The van der Waals surface area contributed by atoms with Crippen LogP contribution in [-0.2, 0) is 10.0 Å². The molecule has 1 aromatic heterocycles. The molecule has 8 heteroatoms. The summed E-state index contributed by atoms with van der Waals surface area (Å²) < 4.78 is 28.3. The van der Waals surface area contributed by atoms with Crippen molar-refractivity contribution >= 4 is 21.6 Å². The topological polar surface area (TPSA) is 84.3 Å². The molecule has 0 atom stereocenters. The quantitative estimate of drug-likeness (QED) is 0.567. The summed E-state index contributed by atoms with van der Waals surface area (Å²) in [4.78, 5) is 17.0. The highest BCUT2D eigenvalue weighted by molar-refractivity contribution is 7.89. The smallest absolute Gasteiger partial charge is 0.275 e. The fourth-order valence-corrected chi connectivity index (χ4v) is 4.69. The van der Waals surface area contributed by atoms with Gasteiger partial charge in [-0.2, -0.15) is 4.31 Å². The number of sulfonamides is 1. The molecule has 1 N–H and O–H groups in total. The van der Waals surface area contributed by atoms with Gasteiger partial charge in [-0.25, -0.2) is 13.4 Å². The normalized spacial score (nSPS) is 11.8. The van der Waals surface area contributed by atoms with Crippen molar-refractivity contribution < 1.29 is 13.2 Å². The van der Waals surface area contributed by atoms with Gasteiger partial charge in [-0.15, -0.1) is 0 Å². The van der Waals surface area contributed by atoms with Crippen LogP contribution in [0.1, 0.15) is 49.7 Å². The molecule has 0 spiro atoms. The Morgan fingerprint density at radius 1 is 1.03 bits per heavy atom. The van der Waals surface area contributed by atoms with E-state index in [4.69, 9.17) is 0 Å². The van der Waals surface area contributed by atoms with Gasteiger partial charge in [0.25, 0.3) is 5.91 Å². The Kier molecular flexibility index (Phi) is 6.92. The SMILES string of the molecule is CCN(CC)S(=O)(=O)c1ccc(-n2cnc(C(=O)Nc3ccc(C(C)C)cc3)c2)cc1. The number of nitrogens with zero attached hydrogens (tertiary/aromatic N) is 3. The van der Waals surface area contributed by atoms with Gasteiger partial charge in [-0.05, 0) is 47.9 Å². The van der Waals surface area contributed by atoms with Crippen molar-refractivity contribution in [1.29, 1.82) is 0 Å². The highest BCUT2D eigenvalue weighted by Crippen LogP contribution is 2.20. The number of anilines is 1. The Morgan fingerprint density at radius 3 is 2.19 bits per heavy atom. The number of nitrogens with one attached hydrogen (secondary N) is 1. The van der Waals surface area contributed by atoms with E-state index in [9.17, 15) is 13.2 Å². The zero-order valence-corrected chi connectivity index (χ0v) is 19.1. The van der Waals surface area contributed by atoms with Crippen molar-refractivity contribution in [3.8, 4) is 5.69 Å². The van der Waals surface area contributed by atoms with Crippen LogP contribution in [0.4, 0.5) is 5.69 Å². The number of benzene rings is 2. The Bertz CT molecular complexity index is 1130. The molecule has 3 aromatic rings. The third kappa shape index (κ3) is 5.03. The molecule has 0 radical (unpaired) electrons. The predicted molar refractivity (Wildman–Crippen MR) is 122 cm³/mol. The predicted octanol–water partition coefficient (Wildman–Crippen LogP) is 4.28. The van der Waals surface area contributed by atoms with E-state index < -0.39 is 10.0 Å². The van der Waals surface area contributed by atoms with Crippen LogP contribution in [-0.4, -0.2) is 41.3 Å². The Balaban J connectivity index is 1.73. The van der Waals surface area contributed by atoms with E-state index in [1.165, 1.54) is 16.2 Å². The summed E-state index contributed by atoms with van der Waals surface area (Å²) in [6, 6.07) is 14.3. The maximum atomic E-state index is 12.6. The molecule has 0 aliphatic heterocycles. The van der Waals surface area contributed by atoms with Crippen LogP contribution in [0.15, 0.2) is 66.0 Å². The molecule has 2 aromatic carbocycles. The lowest BCUT2D eigenvalue weighted by atomic mass is 10.0. The standard InChI is InChI=1S/C23H28N4O3S/c1-5-27(6-2)31(29,30)21-13-11-20(12-14-21)26-15-22(24-16-26)23(28)25-19-9-7-18(8-10-19)17(3)4/h7-17H,5-6H2,1-4H3,(H,25,28). The van der Waals surface area contributed by atoms with Crippen LogP contribution in [0.5, 0.6) is 0 Å². The summed E-state index contributed by atoms with van der Waals surface area (Å²) in [5, 5.41) is 2.84. The summed E-state index contributed by atoms with van der Waals surface area (Å²) in [5.74, 6) is 0.116. The molecular weight excluding hydrogens is 412 g/mol. The number of hydrogen-bond acceptors (Lipinski definition) is 4. The molecule has 3 rings (SSSR count). The third-order valence-electron chi connectivity index (χ3n) is 5.13. The number of amides is 1. The summed E-state index contributed by atoms with van der Waals surface area (Å²) in [6.45, 7) is 8.69. The Hall–Kier alpha value is -2.97. The first-order valence-electron chi connectivity index (χ1n) is 10.3. The minimum absolute atomic E-state index is 0.239. The van der Waals surface area contributed by atoms with Crippen molar-refractivity contribution in [2.75, 3.05) is 18.4 Å². The molecule has 31 heavy (non-hydrogen) atoms. The first-order chi connectivity index (χ1) is 14.8. The zero-order valence-electron chi connectivity index (χ0n) is 18.2. The van der Waals surface area contributed by atoms with Gasteiger partial charge < -0.3 is 9.88 Å². The number of hydrogen-bond donors (Lipinski definition) is 1. The molecule has 1 heterocycles. The summed E-state index contributed by atoms with van der Waals surface area (Å²) >= 11 is 0. The Morgan fingerprint density at radius 2 is 1.65 bits per heavy atom. The van der Waals surface area contributed by atoms with Crippen molar-refractivity contribution in [1.82, 2.24) is 13.9 Å². The zero-order chi connectivity index (χ0) is 22.6. The minimum Gasteiger partial charge on any atom is -0.321 e. The van der Waals surface area contributed by atoms with Gasteiger partial charge in [0, 0.05) is 30.7 Å². The average molecular weight is 441 g/mol. The van der Waals surface area contributed by atoms with Gasteiger partial charge >= 0.3 is 0 Å². The van der Waals surface area contributed by atoms with E-state index in [1.54, 1.807) is 35.0 Å². The Labute approximate surface area is 183 Å². The lowest BCUT2D eigenvalue weighted by Gasteiger charge is -2.18. The number of aromatic nitrogens is 2. The molecule has 164 valence electrons. The van der Waals surface area contributed by atoms with Crippen molar-refractivity contribution in [3.63, 3.8) is 0 Å². The lowest BCUT2D eigenvalue weighted by Crippen LogP contribution is -2.30. The van der Waals surface area contributed by atoms with Crippen molar-refractivity contribution in [2.45, 2.75) is 38.5 Å². The number of imidazole rings is 1. The molecular formula is C23H28N4O3S. The van der Waals surface area contributed by atoms with Crippen LogP contribution < -0.4 is 5.32 Å². The molecule has 1 amide bonds. The van der Waals surface area contributed by atoms with Crippen molar-refractivity contribution in [2.24, 2.45) is 0 Å². The average Bonchev–Trinajstić information content (AvgIpc) is 3.25. The van der Waals surface area contributed by atoms with E-state index in [0.717, 1.165) is 0 Å². The third-order valence-corrected chi connectivity index (χ3v) is 7.19. The molecule has 0 unspecified atom stereocenters. The monoisotopic (exact) mass is 440 g/mol. The second-order valence-corrected chi connectivity index (χ2v) is 9.42. The van der Waals surface area contributed by atoms with Crippen LogP contribution >= 0.6 is 0 Å². The van der Waals surface area contributed by atoms with Crippen LogP contribution in [0.2, 0.25) is 0 Å². The van der Waals surface area contributed by atoms with Gasteiger partial charge in [0.1, 0.15) is 12.0 Å². The van der Waals surface area contributed by atoms with Crippen LogP contribution in [0.25, 0.3) is 5.69 Å². The van der Waals surface area contributed by atoms with E-state index in [0.29, 0.717) is 30.4 Å². The second kappa shape index (κ2) is 9.45. The molecule has 0 saturated carbocycles. The van der Waals surface area contributed by atoms with Gasteiger partial charge in [0.15, 0.2) is 0 Å².